The van der Waals surface area contributed by atoms with Crippen molar-refractivity contribution in [2.24, 2.45) is 0 Å². The zero-order valence-electron chi connectivity index (χ0n) is 13.2. The number of carbonyl (C=O) groups is 1. The van der Waals surface area contributed by atoms with Crippen LogP contribution in [0.5, 0.6) is 0 Å². The van der Waals surface area contributed by atoms with E-state index in [1.807, 2.05) is 31.2 Å². The summed E-state index contributed by atoms with van der Waals surface area (Å²) in [6.07, 6.45) is 4.02. The molecule has 1 heterocycles. The second kappa shape index (κ2) is 7.25. The van der Waals surface area contributed by atoms with Crippen LogP contribution in [0.25, 0.3) is 11.0 Å². The average molecular weight is 287 g/mol. The molecule has 0 spiro atoms. The minimum atomic E-state index is -0.226. The topological polar surface area (TPSA) is 46.9 Å². The van der Waals surface area contributed by atoms with E-state index in [-0.39, 0.29) is 11.9 Å². The molecule has 1 amide bonds. The maximum atomic E-state index is 12.4. The van der Waals surface area contributed by atoms with E-state index in [2.05, 4.69) is 28.7 Å². The van der Waals surface area contributed by atoms with Crippen molar-refractivity contribution < 1.29 is 4.79 Å². The van der Waals surface area contributed by atoms with Gasteiger partial charge in [-0.25, -0.2) is 4.98 Å². The zero-order valence-corrected chi connectivity index (χ0v) is 13.2. The number of carbonyl (C=O) groups excluding carboxylic acids is 1. The summed E-state index contributed by atoms with van der Waals surface area (Å²) in [5, 5.41) is 3.02. The maximum absolute atomic E-state index is 12.4. The summed E-state index contributed by atoms with van der Waals surface area (Å²) in [5.74, 6) is 1.07. The van der Waals surface area contributed by atoms with Gasteiger partial charge in [-0.3, -0.25) is 4.79 Å². The molecule has 21 heavy (non-hydrogen) atoms. The van der Waals surface area contributed by atoms with Crippen LogP contribution in [0, 0.1) is 0 Å². The Kier molecular flexibility index (Phi) is 5.37. The minimum Gasteiger partial charge on any atom is -0.354 e. The van der Waals surface area contributed by atoms with Crippen molar-refractivity contribution in [2.45, 2.75) is 52.5 Å². The largest absolute Gasteiger partial charge is 0.354 e. The zero-order chi connectivity index (χ0) is 15.2. The lowest BCUT2D eigenvalue weighted by Crippen LogP contribution is -2.32. The van der Waals surface area contributed by atoms with Gasteiger partial charge in [0.2, 0.25) is 5.91 Å². The van der Waals surface area contributed by atoms with Crippen LogP contribution >= 0.6 is 0 Å². The first-order valence-corrected chi connectivity index (χ1v) is 7.92. The molecule has 0 fully saturated rings. The monoisotopic (exact) mass is 287 g/mol. The number of nitrogens with one attached hydrogen (secondary N) is 1. The Labute approximate surface area is 126 Å². The number of rotatable bonds is 7. The number of imidazole rings is 1. The van der Waals surface area contributed by atoms with Gasteiger partial charge >= 0.3 is 0 Å². The molecule has 4 heteroatoms. The molecule has 1 N–H and O–H groups in total. The van der Waals surface area contributed by atoms with Crippen LogP contribution in [0.4, 0.5) is 0 Å². The van der Waals surface area contributed by atoms with Gasteiger partial charge in [-0.2, -0.15) is 0 Å². The van der Waals surface area contributed by atoms with Crippen LogP contribution in [0.2, 0.25) is 0 Å². The van der Waals surface area contributed by atoms with E-state index in [1.54, 1.807) is 0 Å². The average Bonchev–Trinajstić information content (AvgIpc) is 2.85. The van der Waals surface area contributed by atoms with Gasteiger partial charge in [0.15, 0.2) is 0 Å². The van der Waals surface area contributed by atoms with Gasteiger partial charge in [-0.15, -0.1) is 0 Å². The summed E-state index contributed by atoms with van der Waals surface area (Å²) >= 11 is 0. The van der Waals surface area contributed by atoms with Gasteiger partial charge in [0.1, 0.15) is 11.9 Å². The summed E-state index contributed by atoms with van der Waals surface area (Å²) in [5.41, 5.74) is 2.01. The molecule has 1 aromatic heterocycles. The third kappa shape index (κ3) is 3.43. The van der Waals surface area contributed by atoms with Crippen molar-refractivity contribution in [3.05, 3.63) is 30.1 Å². The van der Waals surface area contributed by atoms with Crippen molar-refractivity contribution in [3.8, 4) is 0 Å². The molecule has 2 aromatic rings. The van der Waals surface area contributed by atoms with Crippen LogP contribution in [-0.4, -0.2) is 22.0 Å². The Hall–Kier alpha value is -1.84. The molecule has 0 aliphatic carbocycles. The van der Waals surface area contributed by atoms with Crippen molar-refractivity contribution in [2.75, 3.05) is 6.54 Å². The van der Waals surface area contributed by atoms with Gasteiger partial charge in [-0.05, 0) is 31.9 Å². The van der Waals surface area contributed by atoms with E-state index in [4.69, 9.17) is 0 Å². The van der Waals surface area contributed by atoms with E-state index in [9.17, 15) is 4.79 Å². The van der Waals surface area contributed by atoms with E-state index < -0.39 is 0 Å². The number of para-hydroxylation sites is 2. The molecule has 1 unspecified atom stereocenters. The van der Waals surface area contributed by atoms with Crippen LogP contribution < -0.4 is 5.32 Å². The second-order valence-electron chi connectivity index (χ2n) is 5.46. The lowest BCUT2D eigenvalue weighted by Gasteiger charge is -2.17. The molecule has 1 atom stereocenters. The fourth-order valence-corrected chi connectivity index (χ4v) is 2.58. The lowest BCUT2D eigenvalue weighted by molar-refractivity contribution is -0.123. The van der Waals surface area contributed by atoms with Gasteiger partial charge < -0.3 is 9.88 Å². The third-order valence-corrected chi connectivity index (χ3v) is 3.74. The number of unbranched alkanes of at least 4 members (excludes halogenated alkanes) is 1. The molecule has 114 valence electrons. The fraction of sp³-hybridized carbons (Fsp3) is 0.529. The summed E-state index contributed by atoms with van der Waals surface area (Å²) in [6, 6.07) is 7.80. The molecule has 0 saturated heterocycles. The van der Waals surface area contributed by atoms with E-state index >= 15 is 0 Å². The molecule has 1 aromatic carbocycles. The van der Waals surface area contributed by atoms with E-state index in [1.165, 1.54) is 0 Å². The number of nitrogens with zero attached hydrogens (tertiary/aromatic N) is 2. The smallest absolute Gasteiger partial charge is 0.242 e. The Morgan fingerprint density at radius 1 is 1.29 bits per heavy atom. The summed E-state index contributed by atoms with van der Waals surface area (Å²) < 4.78 is 2.08. The molecule has 0 aliphatic rings. The van der Waals surface area contributed by atoms with E-state index in [0.29, 0.717) is 0 Å². The fourth-order valence-electron chi connectivity index (χ4n) is 2.58. The van der Waals surface area contributed by atoms with Crippen molar-refractivity contribution in [1.82, 2.24) is 14.9 Å². The molecule has 2 rings (SSSR count). The Balaban J connectivity index is 2.29. The van der Waals surface area contributed by atoms with Crippen LogP contribution in [-0.2, 0) is 11.2 Å². The summed E-state index contributed by atoms with van der Waals surface area (Å²) in [6.45, 7) is 6.96. The van der Waals surface area contributed by atoms with Gasteiger partial charge in [-0.1, -0.05) is 32.4 Å². The normalized spacial score (nSPS) is 12.5. The molecule has 0 bridgehead atoms. The Morgan fingerprint density at radius 3 is 2.76 bits per heavy atom. The first-order valence-electron chi connectivity index (χ1n) is 7.92. The molecule has 0 radical (unpaired) electrons. The molecule has 0 aliphatic heterocycles. The van der Waals surface area contributed by atoms with Crippen LogP contribution in [0.1, 0.15) is 51.9 Å². The molecule has 0 saturated carbocycles. The highest BCUT2D eigenvalue weighted by atomic mass is 16.2. The Bertz CT molecular complexity index is 603. The molecular formula is C17H25N3O. The lowest BCUT2D eigenvalue weighted by atomic mass is 10.2. The molecular weight excluding hydrogens is 262 g/mol. The first-order chi connectivity index (χ1) is 10.2. The number of hydrogen-bond donors (Lipinski definition) is 1. The number of aryl methyl sites for hydroxylation is 1. The predicted octanol–water partition coefficient (Wildman–Crippen LogP) is 3.47. The van der Waals surface area contributed by atoms with Crippen molar-refractivity contribution >= 4 is 16.9 Å². The summed E-state index contributed by atoms with van der Waals surface area (Å²) in [4.78, 5) is 17.0. The number of hydrogen-bond acceptors (Lipinski definition) is 2. The van der Waals surface area contributed by atoms with Crippen molar-refractivity contribution in [3.63, 3.8) is 0 Å². The predicted molar refractivity (Wildman–Crippen MR) is 86.4 cm³/mol. The number of fused-ring (bicyclic) bond motifs is 1. The number of benzene rings is 1. The van der Waals surface area contributed by atoms with Crippen LogP contribution in [0.3, 0.4) is 0 Å². The maximum Gasteiger partial charge on any atom is 0.242 e. The highest BCUT2D eigenvalue weighted by molar-refractivity contribution is 5.84. The highest BCUT2D eigenvalue weighted by Gasteiger charge is 2.20. The van der Waals surface area contributed by atoms with E-state index in [0.717, 1.165) is 49.1 Å². The number of amides is 1. The van der Waals surface area contributed by atoms with Gasteiger partial charge in [0.05, 0.1) is 11.0 Å². The van der Waals surface area contributed by atoms with Gasteiger partial charge in [0, 0.05) is 13.0 Å². The quantitative estimate of drug-likeness (QED) is 0.793. The van der Waals surface area contributed by atoms with Crippen molar-refractivity contribution in [1.29, 1.82) is 0 Å². The molecule has 4 nitrogen and oxygen atoms in total. The second-order valence-corrected chi connectivity index (χ2v) is 5.46. The van der Waals surface area contributed by atoms with Crippen LogP contribution in [0.15, 0.2) is 24.3 Å². The van der Waals surface area contributed by atoms with Gasteiger partial charge in [0.25, 0.3) is 0 Å². The highest BCUT2D eigenvalue weighted by Crippen LogP contribution is 2.22. The summed E-state index contributed by atoms with van der Waals surface area (Å²) in [7, 11) is 0. The third-order valence-electron chi connectivity index (χ3n) is 3.74. The minimum absolute atomic E-state index is 0.0731. The number of aromatic nitrogens is 2. The Morgan fingerprint density at radius 2 is 2.05 bits per heavy atom. The standard InChI is InChI=1S/C17H25N3O/c1-4-6-12-18-17(21)13(3)20-15-11-8-7-10-14(15)19-16(20)9-5-2/h7-8,10-11,13H,4-6,9,12H2,1-3H3,(H,18,21). The first kappa shape index (κ1) is 15.5. The SMILES string of the molecule is CCCCNC(=O)C(C)n1c(CCC)nc2ccccc21.